The SMILES string of the molecule is CC(=O)c1ccc(NC(=O)CCc2csc(-c3cccc(C)c3)n2)cc1. The van der Waals surface area contributed by atoms with Gasteiger partial charge in [-0.3, -0.25) is 9.59 Å². The van der Waals surface area contributed by atoms with Gasteiger partial charge in [-0.15, -0.1) is 11.3 Å². The van der Waals surface area contributed by atoms with Crippen LogP contribution in [-0.2, 0) is 11.2 Å². The van der Waals surface area contributed by atoms with E-state index in [0.717, 1.165) is 16.3 Å². The quantitative estimate of drug-likeness (QED) is 0.633. The number of Topliss-reactive ketones (excluding diaryl/α,β-unsaturated/α-hetero) is 1. The largest absolute Gasteiger partial charge is 0.326 e. The maximum atomic E-state index is 12.1. The van der Waals surface area contributed by atoms with Crippen LogP contribution in [0.3, 0.4) is 0 Å². The van der Waals surface area contributed by atoms with Crippen LogP contribution in [-0.4, -0.2) is 16.7 Å². The van der Waals surface area contributed by atoms with Gasteiger partial charge in [-0.05, 0) is 50.6 Å². The molecule has 0 bridgehead atoms. The van der Waals surface area contributed by atoms with Crippen LogP contribution < -0.4 is 5.32 Å². The van der Waals surface area contributed by atoms with Gasteiger partial charge in [0.2, 0.25) is 5.91 Å². The van der Waals surface area contributed by atoms with Gasteiger partial charge in [0, 0.05) is 28.6 Å². The van der Waals surface area contributed by atoms with E-state index in [1.54, 1.807) is 35.6 Å². The van der Waals surface area contributed by atoms with Crippen molar-refractivity contribution in [3.8, 4) is 10.6 Å². The Bertz CT molecular complexity index is 929. The molecule has 1 N–H and O–H groups in total. The summed E-state index contributed by atoms with van der Waals surface area (Å²) in [5.74, 6) is -0.0542. The summed E-state index contributed by atoms with van der Waals surface area (Å²) in [4.78, 5) is 28.0. The number of hydrogen-bond acceptors (Lipinski definition) is 4. The van der Waals surface area contributed by atoms with E-state index < -0.39 is 0 Å². The molecule has 132 valence electrons. The van der Waals surface area contributed by atoms with Gasteiger partial charge in [0.05, 0.1) is 5.69 Å². The molecular formula is C21H20N2O2S. The van der Waals surface area contributed by atoms with E-state index in [4.69, 9.17) is 0 Å². The number of carbonyl (C=O) groups excluding carboxylic acids is 2. The predicted molar refractivity (Wildman–Crippen MR) is 106 cm³/mol. The highest BCUT2D eigenvalue weighted by Gasteiger charge is 2.08. The summed E-state index contributed by atoms with van der Waals surface area (Å²) in [5.41, 5.74) is 4.56. The smallest absolute Gasteiger partial charge is 0.224 e. The second-order valence-corrected chi connectivity index (χ2v) is 7.05. The highest BCUT2D eigenvalue weighted by molar-refractivity contribution is 7.13. The number of carbonyl (C=O) groups is 2. The summed E-state index contributed by atoms with van der Waals surface area (Å²) < 4.78 is 0. The summed E-state index contributed by atoms with van der Waals surface area (Å²) in [6.07, 6.45) is 0.963. The Morgan fingerprint density at radius 3 is 2.58 bits per heavy atom. The zero-order chi connectivity index (χ0) is 18.5. The van der Waals surface area contributed by atoms with Crippen molar-refractivity contribution in [3.05, 3.63) is 70.7 Å². The number of rotatable bonds is 6. The molecule has 3 aromatic rings. The monoisotopic (exact) mass is 364 g/mol. The van der Waals surface area contributed by atoms with Crippen molar-refractivity contribution in [2.75, 3.05) is 5.32 Å². The number of benzene rings is 2. The Labute approximate surface area is 156 Å². The molecule has 1 aromatic heterocycles. The fraction of sp³-hybridized carbons (Fsp3) is 0.190. The summed E-state index contributed by atoms with van der Waals surface area (Å²) in [5, 5.41) is 5.83. The molecule has 0 unspecified atom stereocenters. The topological polar surface area (TPSA) is 59.1 Å². The molecule has 26 heavy (non-hydrogen) atoms. The second kappa shape index (κ2) is 8.06. The summed E-state index contributed by atoms with van der Waals surface area (Å²) in [6, 6.07) is 15.2. The van der Waals surface area contributed by atoms with E-state index >= 15 is 0 Å². The van der Waals surface area contributed by atoms with Crippen molar-refractivity contribution in [1.82, 2.24) is 4.98 Å². The first-order valence-corrected chi connectivity index (χ1v) is 9.31. The molecule has 0 saturated carbocycles. The number of nitrogens with one attached hydrogen (secondary N) is 1. The van der Waals surface area contributed by atoms with Crippen molar-refractivity contribution < 1.29 is 9.59 Å². The zero-order valence-electron chi connectivity index (χ0n) is 14.8. The average Bonchev–Trinajstić information content (AvgIpc) is 3.09. The van der Waals surface area contributed by atoms with Crippen LogP contribution in [0.2, 0.25) is 0 Å². The normalized spacial score (nSPS) is 10.5. The minimum atomic E-state index is -0.0642. The first-order valence-electron chi connectivity index (χ1n) is 8.43. The van der Waals surface area contributed by atoms with Gasteiger partial charge in [-0.1, -0.05) is 23.8 Å². The standard InChI is InChI=1S/C21H20N2O2S/c1-14-4-3-5-17(12-14)21-23-19(13-26-21)10-11-20(25)22-18-8-6-16(7-9-18)15(2)24/h3-9,12-13H,10-11H2,1-2H3,(H,22,25). The number of aryl methyl sites for hydroxylation is 2. The van der Waals surface area contributed by atoms with E-state index in [1.807, 2.05) is 17.5 Å². The van der Waals surface area contributed by atoms with Gasteiger partial charge in [0.1, 0.15) is 5.01 Å². The first-order chi connectivity index (χ1) is 12.5. The maximum Gasteiger partial charge on any atom is 0.224 e. The molecule has 4 nitrogen and oxygen atoms in total. The number of ketones is 1. The van der Waals surface area contributed by atoms with Crippen molar-refractivity contribution in [2.45, 2.75) is 26.7 Å². The third-order valence-corrected chi connectivity index (χ3v) is 4.94. The van der Waals surface area contributed by atoms with E-state index in [9.17, 15) is 9.59 Å². The summed E-state index contributed by atoms with van der Waals surface area (Å²) in [7, 11) is 0. The van der Waals surface area contributed by atoms with Crippen molar-refractivity contribution >= 4 is 28.7 Å². The fourth-order valence-corrected chi connectivity index (χ4v) is 3.44. The minimum Gasteiger partial charge on any atom is -0.326 e. The van der Waals surface area contributed by atoms with Crippen LogP contribution in [0.5, 0.6) is 0 Å². The highest BCUT2D eigenvalue weighted by atomic mass is 32.1. The Balaban J connectivity index is 1.55. The lowest BCUT2D eigenvalue weighted by molar-refractivity contribution is -0.116. The van der Waals surface area contributed by atoms with Gasteiger partial charge < -0.3 is 5.32 Å². The van der Waals surface area contributed by atoms with Crippen LogP contribution in [0.15, 0.2) is 53.9 Å². The Kier molecular flexibility index (Phi) is 5.58. The van der Waals surface area contributed by atoms with E-state index in [1.165, 1.54) is 12.5 Å². The number of thiazole rings is 1. The number of aromatic nitrogens is 1. The molecule has 1 amide bonds. The van der Waals surface area contributed by atoms with Gasteiger partial charge in [-0.2, -0.15) is 0 Å². The Morgan fingerprint density at radius 2 is 1.88 bits per heavy atom. The van der Waals surface area contributed by atoms with Gasteiger partial charge in [0.15, 0.2) is 5.78 Å². The molecule has 3 rings (SSSR count). The van der Waals surface area contributed by atoms with Crippen LogP contribution in [0.25, 0.3) is 10.6 Å². The summed E-state index contributed by atoms with van der Waals surface area (Å²) >= 11 is 1.60. The second-order valence-electron chi connectivity index (χ2n) is 6.20. The molecule has 0 aliphatic rings. The lowest BCUT2D eigenvalue weighted by Crippen LogP contribution is -2.12. The molecule has 5 heteroatoms. The number of anilines is 1. The molecule has 2 aromatic carbocycles. The number of hydrogen-bond donors (Lipinski definition) is 1. The first kappa shape index (κ1) is 18.0. The molecule has 0 spiro atoms. The average molecular weight is 364 g/mol. The van der Waals surface area contributed by atoms with Crippen LogP contribution in [0.4, 0.5) is 5.69 Å². The number of nitrogens with zero attached hydrogens (tertiary/aromatic N) is 1. The van der Waals surface area contributed by atoms with E-state index in [0.29, 0.717) is 24.1 Å². The van der Waals surface area contributed by atoms with Crippen molar-refractivity contribution in [1.29, 1.82) is 0 Å². The van der Waals surface area contributed by atoms with Gasteiger partial charge in [-0.25, -0.2) is 4.98 Å². The van der Waals surface area contributed by atoms with E-state index in [2.05, 4.69) is 29.4 Å². The van der Waals surface area contributed by atoms with Crippen LogP contribution >= 0.6 is 11.3 Å². The third kappa shape index (κ3) is 4.64. The van der Waals surface area contributed by atoms with Crippen LogP contribution in [0, 0.1) is 6.92 Å². The summed E-state index contributed by atoms with van der Waals surface area (Å²) in [6.45, 7) is 3.58. The molecule has 1 heterocycles. The van der Waals surface area contributed by atoms with Gasteiger partial charge in [0.25, 0.3) is 0 Å². The molecule has 0 atom stereocenters. The lowest BCUT2D eigenvalue weighted by Gasteiger charge is -2.05. The van der Waals surface area contributed by atoms with Gasteiger partial charge >= 0.3 is 0 Å². The number of amides is 1. The fourth-order valence-electron chi connectivity index (χ4n) is 2.59. The maximum absolute atomic E-state index is 12.1. The molecule has 0 aliphatic heterocycles. The van der Waals surface area contributed by atoms with Crippen molar-refractivity contribution in [2.24, 2.45) is 0 Å². The molecular weight excluding hydrogens is 344 g/mol. The molecule has 0 aliphatic carbocycles. The van der Waals surface area contributed by atoms with Crippen molar-refractivity contribution in [3.63, 3.8) is 0 Å². The molecule has 0 radical (unpaired) electrons. The predicted octanol–water partition coefficient (Wildman–Crippen LogP) is 4.89. The molecule has 0 saturated heterocycles. The highest BCUT2D eigenvalue weighted by Crippen LogP contribution is 2.25. The lowest BCUT2D eigenvalue weighted by atomic mass is 10.1. The Hall–Kier alpha value is -2.79. The minimum absolute atomic E-state index is 0.0100. The molecule has 0 fully saturated rings. The van der Waals surface area contributed by atoms with E-state index in [-0.39, 0.29) is 11.7 Å². The Morgan fingerprint density at radius 1 is 1.12 bits per heavy atom. The zero-order valence-corrected chi connectivity index (χ0v) is 15.6. The third-order valence-electron chi connectivity index (χ3n) is 4.00. The van der Waals surface area contributed by atoms with Crippen LogP contribution in [0.1, 0.15) is 35.0 Å².